The first-order valence-corrected chi connectivity index (χ1v) is 7.60. The van der Waals surface area contributed by atoms with E-state index in [2.05, 4.69) is 10.0 Å². The summed E-state index contributed by atoms with van der Waals surface area (Å²) in [6.07, 6.45) is 2.92. The molecule has 1 unspecified atom stereocenters. The standard InChI is InChI=1S/C12H18N2O2S/c15-17(16,10-8-11-7-4-9-13-11)14-12-5-2-1-3-6-12/h1-3,5-6,11,13-14H,4,7-10H2. The molecule has 0 bridgehead atoms. The number of hydrogen-bond acceptors (Lipinski definition) is 3. The minimum atomic E-state index is -3.21. The van der Waals surface area contributed by atoms with Crippen molar-refractivity contribution in [3.05, 3.63) is 30.3 Å². The van der Waals surface area contributed by atoms with Crippen molar-refractivity contribution < 1.29 is 8.42 Å². The van der Waals surface area contributed by atoms with Crippen LogP contribution in [0.1, 0.15) is 19.3 Å². The molecule has 1 heterocycles. The summed E-state index contributed by atoms with van der Waals surface area (Å²) in [4.78, 5) is 0. The molecule has 1 fully saturated rings. The average Bonchev–Trinajstić information content (AvgIpc) is 2.80. The van der Waals surface area contributed by atoms with Crippen LogP contribution in [0.5, 0.6) is 0 Å². The van der Waals surface area contributed by atoms with Gasteiger partial charge in [0.2, 0.25) is 10.0 Å². The second-order valence-electron chi connectivity index (χ2n) is 4.37. The van der Waals surface area contributed by atoms with Gasteiger partial charge in [-0.15, -0.1) is 0 Å². The van der Waals surface area contributed by atoms with Crippen molar-refractivity contribution in [2.24, 2.45) is 0 Å². The zero-order valence-electron chi connectivity index (χ0n) is 9.72. The van der Waals surface area contributed by atoms with Crippen molar-refractivity contribution in [3.63, 3.8) is 0 Å². The topological polar surface area (TPSA) is 58.2 Å². The van der Waals surface area contributed by atoms with E-state index < -0.39 is 10.0 Å². The number of hydrogen-bond donors (Lipinski definition) is 2. The van der Waals surface area contributed by atoms with E-state index in [1.807, 2.05) is 18.2 Å². The first-order chi connectivity index (χ1) is 8.16. The first-order valence-electron chi connectivity index (χ1n) is 5.95. The van der Waals surface area contributed by atoms with Crippen molar-refractivity contribution in [1.29, 1.82) is 0 Å². The predicted octanol–water partition coefficient (Wildman–Crippen LogP) is 1.57. The van der Waals surface area contributed by atoms with Gasteiger partial charge in [-0.25, -0.2) is 8.42 Å². The molecule has 5 heteroatoms. The van der Waals surface area contributed by atoms with Crippen LogP contribution in [0.4, 0.5) is 5.69 Å². The highest BCUT2D eigenvalue weighted by Crippen LogP contribution is 2.12. The van der Waals surface area contributed by atoms with Crippen molar-refractivity contribution >= 4 is 15.7 Å². The zero-order chi connectivity index (χ0) is 12.1. The summed E-state index contributed by atoms with van der Waals surface area (Å²) in [6.45, 7) is 1.01. The van der Waals surface area contributed by atoms with E-state index in [1.54, 1.807) is 12.1 Å². The molecular weight excluding hydrogens is 236 g/mol. The zero-order valence-corrected chi connectivity index (χ0v) is 10.5. The molecule has 1 atom stereocenters. The van der Waals surface area contributed by atoms with E-state index in [0.29, 0.717) is 18.2 Å². The molecule has 1 aliphatic rings. The van der Waals surface area contributed by atoms with Gasteiger partial charge in [-0.05, 0) is 37.9 Å². The molecule has 1 aliphatic heterocycles. The first kappa shape index (κ1) is 12.4. The van der Waals surface area contributed by atoms with Crippen LogP contribution in [0, 0.1) is 0 Å². The van der Waals surface area contributed by atoms with Crippen molar-refractivity contribution in [2.75, 3.05) is 17.0 Å². The fourth-order valence-corrected chi connectivity index (χ4v) is 3.23. The fourth-order valence-electron chi connectivity index (χ4n) is 2.04. The summed E-state index contributed by atoms with van der Waals surface area (Å²) in [5.41, 5.74) is 0.631. The van der Waals surface area contributed by atoms with Crippen LogP contribution in [-0.4, -0.2) is 26.8 Å². The van der Waals surface area contributed by atoms with Gasteiger partial charge in [0.25, 0.3) is 0 Å². The molecule has 2 N–H and O–H groups in total. The molecule has 0 aliphatic carbocycles. The molecule has 1 aromatic carbocycles. The van der Waals surface area contributed by atoms with Gasteiger partial charge in [-0.2, -0.15) is 0 Å². The number of anilines is 1. The van der Waals surface area contributed by atoms with E-state index in [9.17, 15) is 8.42 Å². The number of nitrogens with one attached hydrogen (secondary N) is 2. The molecule has 1 aromatic rings. The van der Waals surface area contributed by atoms with Gasteiger partial charge in [-0.1, -0.05) is 18.2 Å². The summed E-state index contributed by atoms with van der Waals surface area (Å²) >= 11 is 0. The number of sulfonamides is 1. The summed E-state index contributed by atoms with van der Waals surface area (Å²) in [6, 6.07) is 9.37. The summed E-state index contributed by atoms with van der Waals surface area (Å²) in [7, 11) is -3.21. The van der Waals surface area contributed by atoms with Crippen LogP contribution in [0.3, 0.4) is 0 Å². The van der Waals surface area contributed by atoms with Gasteiger partial charge in [0.05, 0.1) is 5.75 Å². The van der Waals surface area contributed by atoms with Crippen molar-refractivity contribution in [2.45, 2.75) is 25.3 Å². The highest BCUT2D eigenvalue weighted by atomic mass is 32.2. The lowest BCUT2D eigenvalue weighted by Crippen LogP contribution is -2.26. The smallest absolute Gasteiger partial charge is 0.232 e. The second-order valence-corrected chi connectivity index (χ2v) is 6.21. The van der Waals surface area contributed by atoms with Gasteiger partial charge < -0.3 is 5.32 Å². The van der Waals surface area contributed by atoms with E-state index >= 15 is 0 Å². The maximum atomic E-state index is 11.8. The van der Waals surface area contributed by atoms with Gasteiger partial charge in [-0.3, -0.25) is 4.72 Å². The number of benzene rings is 1. The summed E-state index contributed by atoms with van der Waals surface area (Å²) in [5, 5.41) is 3.30. The average molecular weight is 254 g/mol. The molecule has 0 aromatic heterocycles. The lowest BCUT2D eigenvalue weighted by atomic mass is 10.2. The Bertz CT molecular complexity index is 439. The largest absolute Gasteiger partial charge is 0.314 e. The Morgan fingerprint density at radius 3 is 2.71 bits per heavy atom. The van der Waals surface area contributed by atoms with Gasteiger partial charge in [0.1, 0.15) is 0 Å². The van der Waals surface area contributed by atoms with Crippen LogP contribution in [0.2, 0.25) is 0 Å². The molecular formula is C12H18N2O2S. The Morgan fingerprint density at radius 2 is 2.06 bits per heavy atom. The maximum absolute atomic E-state index is 11.8. The van der Waals surface area contributed by atoms with Crippen LogP contribution in [0.25, 0.3) is 0 Å². The monoisotopic (exact) mass is 254 g/mol. The molecule has 17 heavy (non-hydrogen) atoms. The van der Waals surface area contributed by atoms with Gasteiger partial charge >= 0.3 is 0 Å². The lowest BCUT2D eigenvalue weighted by Gasteiger charge is -2.11. The third-order valence-electron chi connectivity index (χ3n) is 2.94. The molecule has 94 valence electrons. The van der Waals surface area contributed by atoms with E-state index in [4.69, 9.17) is 0 Å². The Balaban J connectivity index is 1.86. The highest BCUT2D eigenvalue weighted by molar-refractivity contribution is 7.92. The fraction of sp³-hybridized carbons (Fsp3) is 0.500. The second kappa shape index (κ2) is 5.51. The third-order valence-corrected chi connectivity index (χ3v) is 4.26. The number of rotatable bonds is 5. The van der Waals surface area contributed by atoms with E-state index in [1.165, 1.54) is 0 Å². The molecule has 4 nitrogen and oxygen atoms in total. The van der Waals surface area contributed by atoms with Crippen LogP contribution in [0.15, 0.2) is 30.3 Å². The maximum Gasteiger partial charge on any atom is 0.232 e. The van der Waals surface area contributed by atoms with Crippen molar-refractivity contribution in [3.8, 4) is 0 Å². The SMILES string of the molecule is O=S(=O)(CCC1CCCN1)Nc1ccccc1. The quantitative estimate of drug-likeness (QED) is 0.838. The van der Waals surface area contributed by atoms with E-state index in [-0.39, 0.29) is 5.75 Å². The minimum Gasteiger partial charge on any atom is -0.314 e. The highest BCUT2D eigenvalue weighted by Gasteiger charge is 2.18. The van der Waals surface area contributed by atoms with Crippen LogP contribution >= 0.6 is 0 Å². The molecule has 0 saturated carbocycles. The molecule has 0 radical (unpaired) electrons. The molecule has 0 amide bonds. The lowest BCUT2D eigenvalue weighted by molar-refractivity contribution is 0.565. The Hall–Kier alpha value is -1.07. The van der Waals surface area contributed by atoms with Gasteiger partial charge in [0, 0.05) is 11.7 Å². The molecule has 1 saturated heterocycles. The minimum absolute atomic E-state index is 0.180. The van der Waals surface area contributed by atoms with E-state index in [0.717, 1.165) is 19.4 Å². The Kier molecular flexibility index (Phi) is 4.02. The molecule has 2 rings (SSSR count). The predicted molar refractivity (Wildman–Crippen MR) is 69.5 cm³/mol. The Labute approximate surface area is 102 Å². The van der Waals surface area contributed by atoms with Crippen LogP contribution in [-0.2, 0) is 10.0 Å². The summed E-state index contributed by atoms with van der Waals surface area (Å²) < 4.78 is 26.2. The Morgan fingerprint density at radius 1 is 1.29 bits per heavy atom. The summed E-state index contributed by atoms with van der Waals surface area (Å²) in [5.74, 6) is 0.180. The molecule has 0 spiro atoms. The normalized spacial score (nSPS) is 20.4. The van der Waals surface area contributed by atoms with Crippen molar-refractivity contribution in [1.82, 2.24) is 5.32 Å². The van der Waals surface area contributed by atoms with Crippen LogP contribution < -0.4 is 10.0 Å². The third kappa shape index (κ3) is 4.02. The van der Waals surface area contributed by atoms with Gasteiger partial charge in [0.15, 0.2) is 0 Å². The number of para-hydroxylation sites is 1.